The van der Waals surface area contributed by atoms with E-state index in [-0.39, 0.29) is 22.9 Å². The van der Waals surface area contributed by atoms with Gasteiger partial charge < -0.3 is 15.2 Å². The van der Waals surface area contributed by atoms with Gasteiger partial charge in [0.2, 0.25) is 23.4 Å². The van der Waals surface area contributed by atoms with Crippen LogP contribution in [-0.4, -0.2) is 42.2 Å². The molecule has 0 saturated heterocycles. The van der Waals surface area contributed by atoms with Crippen molar-refractivity contribution in [2.45, 2.75) is 65.0 Å². The van der Waals surface area contributed by atoms with Crippen LogP contribution in [0.25, 0.3) is 11.3 Å². The molecule has 1 aromatic carbocycles. The average molecular weight is 501 g/mol. The summed E-state index contributed by atoms with van der Waals surface area (Å²) in [5.74, 6) is 1.12. The van der Waals surface area contributed by atoms with E-state index >= 15 is 0 Å². The highest BCUT2D eigenvalue weighted by atomic mass is 16.5. The number of hydrogen-bond acceptors (Lipinski definition) is 9. The van der Waals surface area contributed by atoms with Gasteiger partial charge in [0.05, 0.1) is 17.6 Å². The number of Topliss-reactive ketones (excluding diaryl/α,β-unsaturated/α-hetero) is 1. The topological polar surface area (TPSA) is 124 Å². The van der Waals surface area contributed by atoms with E-state index in [0.29, 0.717) is 18.3 Å². The second-order valence-electron chi connectivity index (χ2n) is 10.4. The number of aryl methyl sites for hydroxylation is 1. The molecule has 4 aromatic rings. The Bertz CT molecular complexity index is 1400. The van der Waals surface area contributed by atoms with Gasteiger partial charge in [-0.3, -0.25) is 9.48 Å². The summed E-state index contributed by atoms with van der Waals surface area (Å²) in [5, 5.41) is 14.9. The molecule has 10 heteroatoms. The molecule has 0 fully saturated rings. The van der Waals surface area contributed by atoms with E-state index in [0.717, 1.165) is 48.6 Å². The second kappa shape index (κ2) is 10.2. The molecule has 0 amide bonds. The number of nitrogens with zero attached hydrogens (tertiary/aromatic N) is 6. The Morgan fingerprint density at radius 3 is 2.86 bits per heavy atom. The zero-order valence-corrected chi connectivity index (χ0v) is 21.7. The largest absolute Gasteiger partial charge is 0.338 e. The van der Waals surface area contributed by atoms with Gasteiger partial charge in [0, 0.05) is 42.9 Å². The van der Waals surface area contributed by atoms with Gasteiger partial charge in [0.25, 0.3) is 0 Å². The Balaban J connectivity index is 1.35. The lowest BCUT2D eigenvalue weighted by Gasteiger charge is -2.17. The zero-order valence-electron chi connectivity index (χ0n) is 21.7. The summed E-state index contributed by atoms with van der Waals surface area (Å²) < 4.78 is 7.18. The molecule has 0 spiro atoms. The maximum atomic E-state index is 13.0. The molecule has 5 rings (SSSR count). The minimum Gasteiger partial charge on any atom is -0.338 e. The van der Waals surface area contributed by atoms with Crippen molar-refractivity contribution in [2.75, 3.05) is 11.9 Å². The summed E-state index contributed by atoms with van der Waals surface area (Å²) in [6, 6.07) is 8.23. The smallest absolute Gasteiger partial charge is 0.238 e. The number of carbonyl (C=O) groups is 1. The Hall–Kier alpha value is -3.92. The van der Waals surface area contributed by atoms with Gasteiger partial charge >= 0.3 is 0 Å². The van der Waals surface area contributed by atoms with Crippen molar-refractivity contribution in [3.05, 3.63) is 65.7 Å². The van der Waals surface area contributed by atoms with Crippen LogP contribution >= 0.6 is 0 Å². The molecular weight excluding hydrogens is 468 g/mol. The van der Waals surface area contributed by atoms with Crippen LogP contribution in [0.3, 0.4) is 0 Å². The van der Waals surface area contributed by atoms with Crippen molar-refractivity contribution in [3.63, 3.8) is 0 Å². The number of nitrogens with one attached hydrogen (secondary N) is 2. The predicted octanol–water partition coefficient (Wildman–Crippen LogP) is 4.63. The molecule has 192 valence electrons. The maximum Gasteiger partial charge on any atom is 0.238 e. The number of hydrogen-bond donors (Lipinski definition) is 2. The Morgan fingerprint density at radius 1 is 1.24 bits per heavy atom. The zero-order chi connectivity index (χ0) is 26.0. The van der Waals surface area contributed by atoms with Gasteiger partial charge in [-0.2, -0.15) is 10.1 Å². The number of ketones is 1. The molecule has 4 heterocycles. The van der Waals surface area contributed by atoms with Gasteiger partial charge in [-0.15, -0.1) is 0 Å². The molecule has 10 nitrogen and oxygen atoms in total. The number of anilines is 2. The summed E-state index contributed by atoms with van der Waals surface area (Å²) in [7, 11) is 0. The minimum atomic E-state index is -0.297. The maximum absolute atomic E-state index is 13.0. The fourth-order valence-electron chi connectivity index (χ4n) is 4.45. The number of benzene rings is 1. The number of rotatable bonds is 7. The summed E-state index contributed by atoms with van der Waals surface area (Å²) in [6.45, 7) is 10.3. The molecule has 2 N–H and O–H groups in total. The molecule has 1 aliphatic rings. The molecule has 1 unspecified atom stereocenters. The van der Waals surface area contributed by atoms with E-state index in [1.165, 1.54) is 5.56 Å². The van der Waals surface area contributed by atoms with E-state index < -0.39 is 0 Å². The van der Waals surface area contributed by atoms with Crippen molar-refractivity contribution < 1.29 is 9.32 Å². The van der Waals surface area contributed by atoms with Crippen molar-refractivity contribution in [2.24, 2.45) is 0 Å². The fraction of sp³-hybridized carbons (Fsp3) is 0.407. The summed E-state index contributed by atoms with van der Waals surface area (Å²) >= 11 is 0. The minimum absolute atomic E-state index is 0.0702. The molecule has 0 aliphatic carbocycles. The van der Waals surface area contributed by atoms with E-state index in [2.05, 4.69) is 49.1 Å². The number of carbonyl (C=O) groups excluding carboxylic acids is 1. The van der Waals surface area contributed by atoms with Crippen LogP contribution in [0.5, 0.6) is 0 Å². The van der Waals surface area contributed by atoms with Crippen LogP contribution in [0.2, 0.25) is 0 Å². The first-order chi connectivity index (χ1) is 17.8. The number of fused-ring (bicyclic) bond motifs is 1. The molecule has 0 radical (unpaired) electrons. The van der Waals surface area contributed by atoms with Crippen LogP contribution in [0.4, 0.5) is 11.6 Å². The number of aromatic nitrogens is 6. The third-order valence-corrected chi connectivity index (χ3v) is 6.48. The quantitative estimate of drug-likeness (QED) is 0.349. The highest BCUT2D eigenvalue weighted by Crippen LogP contribution is 2.33. The van der Waals surface area contributed by atoms with Gasteiger partial charge in [-0.1, -0.05) is 38.1 Å². The fourth-order valence-corrected chi connectivity index (χ4v) is 4.45. The van der Waals surface area contributed by atoms with Crippen molar-refractivity contribution in [3.8, 4) is 11.3 Å². The lowest BCUT2D eigenvalue weighted by Crippen LogP contribution is -2.14. The first kappa shape index (κ1) is 24.8. The van der Waals surface area contributed by atoms with Crippen LogP contribution in [0.15, 0.2) is 47.4 Å². The second-order valence-corrected chi connectivity index (χ2v) is 10.4. The molecule has 1 aliphatic heterocycles. The molecule has 0 saturated carbocycles. The summed E-state index contributed by atoms with van der Waals surface area (Å²) in [5.41, 5.74) is 4.69. The van der Waals surface area contributed by atoms with Gasteiger partial charge in [0.15, 0.2) is 0 Å². The molecule has 37 heavy (non-hydrogen) atoms. The molecule has 0 bridgehead atoms. The van der Waals surface area contributed by atoms with Crippen molar-refractivity contribution in [1.82, 2.24) is 35.2 Å². The lowest BCUT2D eigenvalue weighted by atomic mass is 9.87. The first-order valence-corrected chi connectivity index (χ1v) is 12.6. The third kappa shape index (κ3) is 5.59. The van der Waals surface area contributed by atoms with Gasteiger partial charge in [0.1, 0.15) is 0 Å². The van der Waals surface area contributed by atoms with Crippen LogP contribution in [0.1, 0.15) is 74.1 Å². The first-order valence-electron chi connectivity index (χ1n) is 12.6. The standard InChI is InChI=1S/C27H32N8O2/c1-5-35-16-20(15-30-35)31-26-29-11-9-22(32-26)18-6-7-21-17(8-10-28-14-19(21)12-18)13-23(36)24-33-25(37-34-24)27(2,3)4/h6-7,9,11-12,15-17,28H,5,8,10,13-14H2,1-4H3,(H,29,31,32). The predicted molar refractivity (Wildman–Crippen MR) is 140 cm³/mol. The molecular formula is C27H32N8O2. The van der Waals surface area contributed by atoms with Crippen LogP contribution < -0.4 is 10.6 Å². The highest BCUT2D eigenvalue weighted by molar-refractivity contribution is 5.93. The molecule has 3 aromatic heterocycles. The van der Waals surface area contributed by atoms with Crippen LogP contribution in [0, 0.1) is 0 Å². The highest BCUT2D eigenvalue weighted by Gasteiger charge is 2.27. The summed E-state index contributed by atoms with van der Waals surface area (Å²) in [4.78, 5) is 26.5. The van der Waals surface area contributed by atoms with Gasteiger partial charge in [-0.05, 0) is 49.1 Å². The van der Waals surface area contributed by atoms with Crippen LogP contribution in [-0.2, 0) is 18.5 Å². The van der Waals surface area contributed by atoms with Crippen molar-refractivity contribution >= 4 is 17.4 Å². The Labute approximate surface area is 215 Å². The average Bonchev–Trinajstić information content (AvgIpc) is 3.52. The van der Waals surface area contributed by atoms with E-state index in [1.54, 1.807) is 12.4 Å². The summed E-state index contributed by atoms with van der Waals surface area (Å²) in [6.07, 6.45) is 6.62. The lowest BCUT2D eigenvalue weighted by molar-refractivity contribution is 0.0959. The normalized spacial score (nSPS) is 15.7. The van der Waals surface area contributed by atoms with E-state index in [1.807, 2.05) is 44.6 Å². The Morgan fingerprint density at radius 2 is 2.11 bits per heavy atom. The van der Waals surface area contributed by atoms with E-state index in [9.17, 15) is 4.79 Å². The monoisotopic (exact) mass is 500 g/mol. The van der Waals surface area contributed by atoms with E-state index in [4.69, 9.17) is 9.51 Å². The van der Waals surface area contributed by atoms with Crippen molar-refractivity contribution in [1.29, 1.82) is 0 Å². The third-order valence-electron chi connectivity index (χ3n) is 6.48. The SMILES string of the molecule is CCn1cc(Nc2nccc(-c3ccc4c(c3)CNCCC4CC(=O)c3noc(C(C)(C)C)n3)n2)cn1. The van der Waals surface area contributed by atoms with Gasteiger partial charge in [-0.25, -0.2) is 9.97 Å². The molecule has 1 atom stereocenters. The Kier molecular flexibility index (Phi) is 6.84.